The molecule has 6 nitrogen and oxygen atoms in total. The largest absolute Gasteiger partial charge is 0.496 e. The van der Waals surface area contributed by atoms with E-state index in [9.17, 15) is 9.59 Å². The van der Waals surface area contributed by atoms with E-state index >= 15 is 0 Å². The third-order valence-electron chi connectivity index (χ3n) is 6.81. The first-order chi connectivity index (χ1) is 15.6. The van der Waals surface area contributed by atoms with Crippen molar-refractivity contribution in [1.29, 1.82) is 0 Å². The molecule has 1 saturated heterocycles. The molecule has 5 rings (SSSR count). The first kappa shape index (κ1) is 20.6. The molecule has 3 aromatic rings. The molecular formula is C26H29N3O3. The Morgan fingerprint density at radius 3 is 2.66 bits per heavy atom. The summed E-state index contributed by atoms with van der Waals surface area (Å²) in [5.74, 6) is 0.760. The van der Waals surface area contributed by atoms with Crippen LogP contribution in [0.15, 0.2) is 48.5 Å². The van der Waals surface area contributed by atoms with Crippen molar-refractivity contribution < 1.29 is 14.3 Å². The van der Waals surface area contributed by atoms with Crippen LogP contribution < -0.4 is 4.74 Å². The van der Waals surface area contributed by atoms with Gasteiger partial charge in [-0.2, -0.15) is 0 Å². The molecule has 2 aliphatic heterocycles. The van der Waals surface area contributed by atoms with Crippen molar-refractivity contribution >= 4 is 22.7 Å². The van der Waals surface area contributed by atoms with Crippen molar-refractivity contribution in [3.8, 4) is 5.75 Å². The Hall–Kier alpha value is -3.28. The lowest BCUT2D eigenvalue weighted by molar-refractivity contribution is -0.158. The van der Waals surface area contributed by atoms with Gasteiger partial charge in [0.15, 0.2) is 0 Å². The zero-order valence-electron chi connectivity index (χ0n) is 18.6. The van der Waals surface area contributed by atoms with Crippen molar-refractivity contribution in [2.45, 2.75) is 44.7 Å². The van der Waals surface area contributed by atoms with E-state index in [-0.39, 0.29) is 24.4 Å². The number of methoxy groups -OCH3 is 1. The number of benzene rings is 2. The minimum atomic E-state index is -0.500. The maximum absolute atomic E-state index is 13.6. The van der Waals surface area contributed by atoms with Gasteiger partial charge in [-0.1, -0.05) is 56.2 Å². The van der Waals surface area contributed by atoms with Crippen LogP contribution in [-0.2, 0) is 16.0 Å². The Bertz CT molecular complexity index is 1170. The van der Waals surface area contributed by atoms with Crippen LogP contribution in [0.4, 0.5) is 0 Å². The third kappa shape index (κ3) is 3.25. The molecule has 0 radical (unpaired) electrons. The highest BCUT2D eigenvalue weighted by molar-refractivity contribution is 5.97. The van der Waals surface area contributed by atoms with Crippen molar-refractivity contribution in [3.05, 3.63) is 65.4 Å². The number of amides is 2. The van der Waals surface area contributed by atoms with Gasteiger partial charge in [0, 0.05) is 35.1 Å². The summed E-state index contributed by atoms with van der Waals surface area (Å²) in [5.41, 5.74) is 4.02. The van der Waals surface area contributed by atoms with E-state index in [1.165, 1.54) is 0 Å². The molecule has 2 atom stereocenters. The lowest BCUT2D eigenvalue weighted by Crippen LogP contribution is -2.63. The van der Waals surface area contributed by atoms with E-state index in [0.29, 0.717) is 18.7 Å². The van der Waals surface area contributed by atoms with E-state index in [2.05, 4.69) is 18.0 Å². The van der Waals surface area contributed by atoms with Gasteiger partial charge in [-0.25, -0.2) is 0 Å². The highest BCUT2D eigenvalue weighted by atomic mass is 16.5. The maximum Gasteiger partial charge on any atom is 0.246 e. The van der Waals surface area contributed by atoms with Crippen LogP contribution in [0.3, 0.4) is 0 Å². The smallest absolute Gasteiger partial charge is 0.246 e. The van der Waals surface area contributed by atoms with Crippen LogP contribution in [0.1, 0.15) is 49.0 Å². The maximum atomic E-state index is 13.6. The lowest BCUT2D eigenvalue weighted by atomic mass is 9.86. The van der Waals surface area contributed by atoms with Crippen molar-refractivity contribution in [2.75, 3.05) is 20.2 Å². The van der Waals surface area contributed by atoms with Gasteiger partial charge in [0.2, 0.25) is 11.8 Å². The molecule has 2 unspecified atom stereocenters. The summed E-state index contributed by atoms with van der Waals surface area (Å²) in [5, 5.41) is 1.12. The molecule has 3 heterocycles. The van der Waals surface area contributed by atoms with Crippen LogP contribution in [0.5, 0.6) is 5.75 Å². The zero-order valence-corrected chi connectivity index (χ0v) is 18.6. The number of hydrogen-bond acceptors (Lipinski definition) is 3. The molecule has 0 saturated carbocycles. The highest BCUT2D eigenvalue weighted by Gasteiger charge is 2.48. The fraction of sp³-hybridized carbons (Fsp3) is 0.385. The first-order valence-corrected chi connectivity index (χ1v) is 11.5. The molecule has 166 valence electrons. The number of ether oxygens (including phenoxy) is 1. The van der Waals surface area contributed by atoms with Crippen molar-refractivity contribution in [2.24, 2.45) is 0 Å². The minimum absolute atomic E-state index is 0.00805. The van der Waals surface area contributed by atoms with Crippen LogP contribution in [0, 0.1) is 0 Å². The number of carbonyl (C=O) groups excluding carboxylic acids is 2. The Morgan fingerprint density at radius 2 is 1.84 bits per heavy atom. The van der Waals surface area contributed by atoms with Crippen LogP contribution in [0.25, 0.3) is 10.9 Å². The number of H-pyrrole nitrogens is 1. The minimum Gasteiger partial charge on any atom is -0.496 e. The van der Waals surface area contributed by atoms with E-state index in [1.54, 1.807) is 16.9 Å². The Morgan fingerprint density at radius 1 is 1.06 bits per heavy atom. The summed E-state index contributed by atoms with van der Waals surface area (Å²) >= 11 is 0. The molecule has 1 aromatic heterocycles. The van der Waals surface area contributed by atoms with Gasteiger partial charge in [-0.05, 0) is 24.1 Å². The first-order valence-electron chi connectivity index (χ1n) is 11.5. The summed E-state index contributed by atoms with van der Waals surface area (Å²) < 4.78 is 5.67. The molecular weight excluding hydrogens is 402 g/mol. The number of rotatable bonds is 6. The fourth-order valence-corrected chi connectivity index (χ4v) is 5.28. The summed E-state index contributed by atoms with van der Waals surface area (Å²) in [7, 11) is 1.64. The molecule has 0 bridgehead atoms. The number of piperazine rings is 1. The molecule has 0 spiro atoms. The molecule has 32 heavy (non-hydrogen) atoms. The number of para-hydroxylation sites is 2. The van der Waals surface area contributed by atoms with Gasteiger partial charge in [0.25, 0.3) is 0 Å². The van der Waals surface area contributed by atoms with E-state index < -0.39 is 6.04 Å². The van der Waals surface area contributed by atoms with Crippen LogP contribution in [-0.4, -0.2) is 52.8 Å². The number of nitrogens with zero attached hydrogens (tertiary/aromatic N) is 2. The Balaban J connectivity index is 1.64. The zero-order chi connectivity index (χ0) is 22.2. The van der Waals surface area contributed by atoms with Gasteiger partial charge >= 0.3 is 0 Å². The molecule has 6 heteroatoms. The topological polar surface area (TPSA) is 65.6 Å². The molecule has 1 fully saturated rings. The molecule has 2 amide bonds. The fourth-order valence-electron chi connectivity index (χ4n) is 5.28. The van der Waals surface area contributed by atoms with Gasteiger partial charge in [0.1, 0.15) is 17.8 Å². The van der Waals surface area contributed by atoms with Gasteiger partial charge in [-0.3, -0.25) is 9.59 Å². The van der Waals surface area contributed by atoms with Crippen molar-refractivity contribution in [3.63, 3.8) is 0 Å². The number of nitrogens with one attached hydrogen (secondary N) is 1. The van der Waals surface area contributed by atoms with Gasteiger partial charge in [-0.15, -0.1) is 0 Å². The van der Waals surface area contributed by atoms with Gasteiger partial charge < -0.3 is 19.5 Å². The molecule has 1 N–H and O–H groups in total. The average molecular weight is 432 g/mol. The Kier molecular flexibility index (Phi) is 5.37. The Labute approximate surface area is 188 Å². The van der Waals surface area contributed by atoms with Crippen LogP contribution in [0.2, 0.25) is 0 Å². The normalized spacial score (nSPS) is 20.4. The predicted octanol–water partition coefficient (Wildman–Crippen LogP) is 4.05. The number of hydrogen-bond donors (Lipinski definition) is 1. The summed E-state index contributed by atoms with van der Waals surface area (Å²) in [6.07, 6.45) is 3.60. The lowest BCUT2D eigenvalue weighted by Gasteiger charge is -2.47. The quantitative estimate of drug-likeness (QED) is 0.599. The standard InChI is InChI=1S/C26H29N3O3/c1-3-4-9-14-28-16-23(30)29-21(26(28)31)15-19-17-10-5-7-12-20(17)27-24(19)25(29)18-11-6-8-13-22(18)32-2/h5-8,10-13,21,25,27H,3-4,9,14-16H2,1-2H3. The number of unbranched alkanes of at least 4 members (excludes halogenated alkanes) is 2. The monoisotopic (exact) mass is 431 g/mol. The second-order valence-electron chi connectivity index (χ2n) is 8.70. The number of aromatic amines is 1. The second kappa shape index (κ2) is 8.34. The highest BCUT2D eigenvalue weighted by Crippen LogP contribution is 2.44. The number of fused-ring (bicyclic) bond motifs is 4. The van der Waals surface area contributed by atoms with E-state index in [4.69, 9.17) is 4.74 Å². The molecule has 2 aromatic carbocycles. The van der Waals surface area contributed by atoms with Crippen LogP contribution >= 0.6 is 0 Å². The predicted molar refractivity (Wildman–Crippen MR) is 124 cm³/mol. The second-order valence-corrected chi connectivity index (χ2v) is 8.70. The van der Waals surface area contributed by atoms with E-state index in [1.807, 2.05) is 42.5 Å². The summed E-state index contributed by atoms with van der Waals surface area (Å²) in [6, 6.07) is 15.1. The molecule has 2 aliphatic rings. The average Bonchev–Trinajstić information content (AvgIpc) is 3.19. The molecule has 0 aliphatic carbocycles. The number of carbonyl (C=O) groups is 2. The summed E-state index contributed by atoms with van der Waals surface area (Å²) in [4.78, 5) is 34.2. The van der Waals surface area contributed by atoms with E-state index in [0.717, 1.165) is 47.0 Å². The SMILES string of the molecule is CCCCCN1CC(=O)N2C(Cc3c([nH]c4ccccc34)C2c2ccccc2OC)C1=O. The van der Waals surface area contributed by atoms with Gasteiger partial charge in [0.05, 0.1) is 13.7 Å². The number of aromatic nitrogens is 1. The third-order valence-corrected chi connectivity index (χ3v) is 6.81. The summed E-state index contributed by atoms with van der Waals surface area (Å²) in [6.45, 7) is 2.92. The van der Waals surface area contributed by atoms with Crippen molar-refractivity contribution in [1.82, 2.24) is 14.8 Å².